The summed E-state index contributed by atoms with van der Waals surface area (Å²) in [5, 5.41) is 15.0. The van der Waals surface area contributed by atoms with Gasteiger partial charge < -0.3 is 44.0 Å². The van der Waals surface area contributed by atoms with Gasteiger partial charge in [-0.3, -0.25) is 39.8 Å². The summed E-state index contributed by atoms with van der Waals surface area (Å²) in [5.74, 6) is -1.97. The molecule has 19 nitrogen and oxygen atoms in total. The molecule has 8 rings (SSSR count). The standard InChI is InChI=1S/C40H34N10O9/c1-56-29-17-21(35(41)52)15-25-33(29)49(39(45-25)47-37(54)31-19-23-27(58-31)7-4-9-43-23)11-2-3-12-50-34-26(16-22(36(42)53)18-30(34)57-14-6-13-51)46-40(50)48-38(55)32-20-24-28(59-32)8-5-10-44-24/h2-5,7-10,15-20,51H,6,11-14H2,1H3,(H2,41,52)(H2,42,53)(H,45,47,54)(H,46,48,55)/b3-2+. The Labute approximate surface area is 332 Å². The molecule has 2 aromatic carbocycles. The minimum atomic E-state index is -0.723. The SMILES string of the molecule is COc1cc(C(N)=O)cc2nc(NC(=O)c3cc4ncccc4o3)n(C/C=C/Cn3c(NC(=O)c4cc5ncccc5o4)nc4cc(C(N)=O)cc(OCCCO)c43)c12. The van der Waals surface area contributed by atoms with Crippen molar-refractivity contribution in [2.45, 2.75) is 19.5 Å². The van der Waals surface area contributed by atoms with E-state index in [4.69, 9.17) is 29.8 Å². The van der Waals surface area contributed by atoms with Crippen LogP contribution in [-0.2, 0) is 13.1 Å². The second-order valence-electron chi connectivity index (χ2n) is 13.0. The molecule has 59 heavy (non-hydrogen) atoms. The van der Waals surface area contributed by atoms with Crippen LogP contribution in [0, 0.1) is 0 Å². The van der Waals surface area contributed by atoms with Crippen LogP contribution < -0.4 is 31.6 Å². The molecule has 0 bridgehead atoms. The number of nitrogens with one attached hydrogen (secondary N) is 2. The number of carbonyl (C=O) groups is 4. The lowest BCUT2D eigenvalue weighted by Gasteiger charge is -2.13. The average molecular weight is 799 g/mol. The number of methoxy groups -OCH3 is 1. The van der Waals surface area contributed by atoms with E-state index in [2.05, 4.69) is 30.6 Å². The number of anilines is 2. The normalized spacial score (nSPS) is 11.6. The van der Waals surface area contributed by atoms with Gasteiger partial charge in [0.15, 0.2) is 22.7 Å². The first-order chi connectivity index (χ1) is 28.6. The summed E-state index contributed by atoms with van der Waals surface area (Å²) in [6.07, 6.45) is 7.01. The molecule has 7 N–H and O–H groups in total. The number of pyridine rings is 2. The molecular weight excluding hydrogens is 765 g/mol. The maximum absolute atomic E-state index is 13.6. The number of aliphatic hydroxyl groups excluding tert-OH is 1. The highest BCUT2D eigenvalue weighted by Gasteiger charge is 2.23. The van der Waals surface area contributed by atoms with Crippen LogP contribution in [0.4, 0.5) is 11.9 Å². The number of aliphatic hydroxyl groups is 1. The van der Waals surface area contributed by atoms with E-state index in [0.717, 1.165) is 0 Å². The van der Waals surface area contributed by atoms with Crippen molar-refractivity contribution in [3.05, 3.63) is 108 Å². The molecule has 6 heterocycles. The molecule has 0 atom stereocenters. The van der Waals surface area contributed by atoms with Crippen molar-refractivity contribution in [2.75, 3.05) is 31.0 Å². The van der Waals surface area contributed by atoms with Crippen molar-refractivity contribution in [1.82, 2.24) is 29.1 Å². The predicted molar refractivity (Wildman–Crippen MR) is 213 cm³/mol. The first-order valence-corrected chi connectivity index (χ1v) is 18.0. The van der Waals surface area contributed by atoms with Crippen LogP contribution in [0.15, 0.2) is 94.0 Å². The highest BCUT2D eigenvalue weighted by molar-refractivity contribution is 6.06. The Morgan fingerprint density at radius 2 is 1.22 bits per heavy atom. The number of benzene rings is 2. The van der Waals surface area contributed by atoms with Crippen LogP contribution in [0.2, 0.25) is 0 Å². The Balaban J connectivity index is 1.16. The lowest BCUT2D eigenvalue weighted by molar-refractivity contribution is 0.0990. The van der Waals surface area contributed by atoms with Crippen molar-refractivity contribution in [1.29, 1.82) is 0 Å². The molecule has 0 spiro atoms. The van der Waals surface area contributed by atoms with E-state index in [9.17, 15) is 24.3 Å². The van der Waals surface area contributed by atoms with Gasteiger partial charge in [-0.25, -0.2) is 9.97 Å². The molecule has 4 amide bonds. The third kappa shape index (κ3) is 7.47. The Kier molecular flexibility index (Phi) is 10.2. The van der Waals surface area contributed by atoms with Gasteiger partial charge in [-0.05, 0) is 48.5 Å². The second kappa shape index (κ2) is 15.8. The van der Waals surface area contributed by atoms with Gasteiger partial charge in [-0.2, -0.15) is 0 Å². The molecule has 0 aliphatic rings. The predicted octanol–water partition coefficient (Wildman–Crippen LogP) is 4.40. The molecule has 0 fully saturated rings. The summed E-state index contributed by atoms with van der Waals surface area (Å²) < 4.78 is 26.4. The first-order valence-electron chi connectivity index (χ1n) is 18.0. The second-order valence-corrected chi connectivity index (χ2v) is 13.0. The van der Waals surface area contributed by atoms with E-state index in [1.807, 2.05) is 0 Å². The Hall–Kier alpha value is -8.06. The molecule has 0 aliphatic heterocycles. The number of primary amides is 2. The lowest BCUT2D eigenvalue weighted by Crippen LogP contribution is -2.16. The van der Waals surface area contributed by atoms with E-state index >= 15 is 0 Å². The Morgan fingerprint density at radius 1 is 0.729 bits per heavy atom. The highest BCUT2D eigenvalue weighted by atomic mass is 16.5. The van der Waals surface area contributed by atoms with Gasteiger partial charge in [-0.15, -0.1) is 0 Å². The number of allylic oxidation sites excluding steroid dienone is 2. The van der Waals surface area contributed by atoms with Crippen molar-refractivity contribution >= 4 is 79.8 Å². The minimum absolute atomic E-state index is 0.00499. The number of aromatic nitrogens is 6. The van der Waals surface area contributed by atoms with E-state index < -0.39 is 23.6 Å². The molecule has 0 saturated heterocycles. The van der Waals surface area contributed by atoms with Gasteiger partial charge in [0, 0.05) is 61.8 Å². The fourth-order valence-corrected chi connectivity index (χ4v) is 6.45. The highest BCUT2D eigenvalue weighted by Crippen LogP contribution is 2.33. The van der Waals surface area contributed by atoms with E-state index in [1.54, 1.807) is 57.9 Å². The number of nitrogens with two attached hydrogens (primary N) is 2. The fourth-order valence-electron chi connectivity index (χ4n) is 6.45. The Morgan fingerprint density at radius 3 is 1.68 bits per heavy atom. The average Bonchev–Trinajstić information content (AvgIpc) is 4.02. The molecule has 0 aliphatic carbocycles. The molecule has 0 radical (unpaired) electrons. The summed E-state index contributed by atoms with van der Waals surface area (Å²) in [4.78, 5) is 69.3. The number of carbonyl (C=O) groups excluding carboxylic acids is 4. The zero-order valence-electron chi connectivity index (χ0n) is 31.2. The number of rotatable bonds is 15. The van der Waals surface area contributed by atoms with Crippen LogP contribution in [0.3, 0.4) is 0 Å². The van der Waals surface area contributed by atoms with Gasteiger partial charge in [0.2, 0.25) is 23.7 Å². The first kappa shape index (κ1) is 37.8. The van der Waals surface area contributed by atoms with Crippen molar-refractivity contribution in [3.8, 4) is 11.5 Å². The van der Waals surface area contributed by atoms with Crippen molar-refractivity contribution in [3.63, 3.8) is 0 Å². The molecule has 6 aromatic heterocycles. The van der Waals surface area contributed by atoms with E-state index in [1.165, 1.54) is 43.5 Å². The number of ether oxygens (including phenoxy) is 2. The molecular formula is C40H34N10O9. The topological polar surface area (TPSA) is 271 Å². The molecule has 0 unspecified atom stereocenters. The van der Waals surface area contributed by atoms with Gasteiger partial charge in [0.05, 0.1) is 24.8 Å². The number of hydrogen-bond donors (Lipinski definition) is 5. The van der Waals surface area contributed by atoms with Gasteiger partial charge in [-0.1, -0.05) is 12.2 Å². The lowest BCUT2D eigenvalue weighted by atomic mass is 10.1. The number of hydrogen-bond acceptors (Lipinski definition) is 13. The quantitative estimate of drug-likeness (QED) is 0.0712. The number of imidazole rings is 2. The largest absolute Gasteiger partial charge is 0.494 e. The summed E-state index contributed by atoms with van der Waals surface area (Å²) in [6, 6.07) is 15.7. The van der Waals surface area contributed by atoms with Crippen LogP contribution in [-0.4, -0.2) is 78.1 Å². The van der Waals surface area contributed by atoms with E-state index in [0.29, 0.717) is 45.2 Å². The molecule has 8 aromatic rings. The van der Waals surface area contributed by atoms with Crippen LogP contribution in [0.1, 0.15) is 48.2 Å². The third-order valence-corrected chi connectivity index (χ3v) is 9.18. The van der Waals surface area contributed by atoms with Crippen molar-refractivity contribution in [2.24, 2.45) is 11.5 Å². The monoisotopic (exact) mass is 798 g/mol. The summed E-state index contributed by atoms with van der Waals surface area (Å²) in [6.45, 7) is 0.160. The number of fused-ring (bicyclic) bond motifs is 4. The van der Waals surface area contributed by atoms with Crippen LogP contribution in [0.5, 0.6) is 11.5 Å². The molecule has 19 heteroatoms. The van der Waals surface area contributed by atoms with Gasteiger partial charge in [0.1, 0.15) is 33.6 Å². The van der Waals surface area contributed by atoms with E-state index in [-0.39, 0.29) is 77.9 Å². The smallest absolute Gasteiger partial charge is 0.293 e. The Bertz CT molecular complexity index is 2910. The number of amides is 4. The maximum Gasteiger partial charge on any atom is 0.293 e. The molecule has 298 valence electrons. The molecule has 0 saturated carbocycles. The number of nitrogens with zero attached hydrogens (tertiary/aromatic N) is 6. The van der Waals surface area contributed by atoms with Crippen molar-refractivity contribution < 1.29 is 42.6 Å². The fraction of sp³-hybridized carbons (Fsp3) is 0.150. The van der Waals surface area contributed by atoms with Gasteiger partial charge >= 0.3 is 0 Å². The van der Waals surface area contributed by atoms with Crippen LogP contribution in [0.25, 0.3) is 44.3 Å². The van der Waals surface area contributed by atoms with Crippen LogP contribution >= 0.6 is 0 Å². The number of furan rings is 2. The third-order valence-electron chi connectivity index (χ3n) is 9.18. The zero-order chi connectivity index (χ0) is 41.2. The summed E-state index contributed by atoms with van der Waals surface area (Å²) in [7, 11) is 1.43. The van der Waals surface area contributed by atoms with Gasteiger partial charge in [0.25, 0.3) is 11.8 Å². The minimum Gasteiger partial charge on any atom is -0.494 e. The summed E-state index contributed by atoms with van der Waals surface area (Å²) >= 11 is 0. The zero-order valence-corrected chi connectivity index (χ0v) is 31.2. The maximum atomic E-state index is 13.6. The summed E-state index contributed by atoms with van der Waals surface area (Å²) in [5.41, 5.74) is 14.8.